The Labute approximate surface area is 73.3 Å². The minimum Gasteiger partial charge on any atom is -0.756 e. The average molecular weight is 218 g/mol. The van der Waals surface area contributed by atoms with Crippen molar-refractivity contribution in [1.29, 1.82) is 0 Å². The zero-order valence-corrected chi connectivity index (χ0v) is 10.1. The van der Waals surface area contributed by atoms with E-state index >= 15 is 0 Å². The third kappa shape index (κ3) is 6.85. The first-order chi connectivity index (χ1) is 4.12. The maximum absolute atomic E-state index is 10.4. The van der Waals surface area contributed by atoms with Crippen molar-refractivity contribution in [3.05, 3.63) is 0 Å². The summed E-state index contributed by atoms with van der Waals surface area (Å²) < 4.78 is 18.9. The Morgan fingerprint density at radius 3 is 1.80 bits per heavy atom. The normalized spacial score (nSPS) is 10.7. The number of phosphoric acid groups is 1. The predicted octanol–water partition coefficient (Wildman–Crippen LogP) is 0.525. The van der Waals surface area contributed by atoms with Crippen LogP contribution in [0.4, 0.5) is 0 Å². The van der Waals surface area contributed by atoms with Crippen LogP contribution in [0.1, 0.15) is 13.8 Å². The van der Waals surface area contributed by atoms with Gasteiger partial charge in [0.2, 0.25) is 0 Å². The van der Waals surface area contributed by atoms with Crippen LogP contribution >= 0.6 is 7.82 Å². The Morgan fingerprint density at radius 1 is 1.30 bits per heavy atom. The molecule has 0 bridgehead atoms. The van der Waals surface area contributed by atoms with Crippen LogP contribution in [0.3, 0.4) is 0 Å². The number of hydrogen-bond donors (Lipinski definition) is 0. The third-order valence-corrected chi connectivity index (χ3v) is 1.72. The van der Waals surface area contributed by atoms with Crippen LogP contribution in [-0.4, -0.2) is 13.2 Å². The quantitative estimate of drug-likeness (QED) is 0.510. The van der Waals surface area contributed by atoms with Crippen LogP contribution in [0.25, 0.3) is 0 Å². The SMILES string of the molecule is CCOP(=O)([O-])OCC.[Zn]. The molecule has 6 heteroatoms. The molecule has 0 amide bonds. The second-order valence-corrected chi connectivity index (χ2v) is 2.69. The van der Waals surface area contributed by atoms with Crippen LogP contribution in [0.2, 0.25) is 0 Å². The first-order valence-electron chi connectivity index (χ1n) is 2.72. The van der Waals surface area contributed by atoms with Gasteiger partial charge in [0.05, 0.1) is 13.2 Å². The molecule has 0 spiro atoms. The fourth-order valence-electron chi connectivity index (χ4n) is 0.353. The molecule has 0 aromatic carbocycles. The van der Waals surface area contributed by atoms with E-state index in [1.165, 1.54) is 0 Å². The van der Waals surface area contributed by atoms with Crippen LogP contribution in [0, 0.1) is 0 Å². The van der Waals surface area contributed by atoms with Gasteiger partial charge >= 0.3 is 0 Å². The second-order valence-electron chi connectivity index (χ2n) is 1.28. The van der Waals surface area contributed by atoms with E-state index in [1.807, 2.05) is 0 Å². The van der Waals surface area contributed by atoms with Crippen molar-refractivity contribution in [2.24, 2.45) is 0 Å². The van der Waals surface area contributed by atoms with E-state index in [1.54, 1.807) is 13.8 Å². The standard InChI is InChI=1S/C4H11O4P.Zn/c1-3-7-9(5,6)8-4-2;/h3-4H2,1-2H3,(H,5,6);/p-1. The fraction of sp³-hybridized carbons (Fsp3) is 1.00. The van der Waals surface area contributed by atoms with E-state index in [9.17, 15) is 9.46 Å². The van der Waals surface area contributed by atoms with Crippen LogP contribution < -0.4 is 4.89 Å². The molecule has 0 saturated heterocycles. The average Bonchev–Trinajstić information content (AvgIpc) is 1.64. The van der Waals surface area contributed by atoms with Gasteiger partial charge in [-0.15, -0.1) is 0 Å². The minimum atomic E-state index is -3.94. The van der Waals surface area contributed by atoms with Crippen molar-refractivity contribution in [1.82, 2.24) is 0 Å². The predicted molar refractivity (Wildman–Crippen MR) is 30.9 cm³/mol. The van der Waals surface area contributed by atoms with Gasteiger partial charge in [0.15, 0.2) is 0 Å². The molecule has 0 atom stereocenters. The van der Waals surface area contributed by atoms with Gasteiger partial charge in [0.1, 0.15) is 0 Å². The summed E-state index contributed by atoms with van der Waals surface area (Å²) in [6.07, 6.45) is 0. The Kier molecular flexibility index (Phi) is 8.59. The van der Waals surface area contributed by atoms with Crippen LogP contribution in [-0.2, 0) is 33.1 Å². The monoisotopic (exact) mass is 217 g/mol. The van der Waals surface area contributed by atoms with Crippen molar-refractivity contribution >= 4 is 7.82 Å². The Hall–Kier alpha value is 0.733. The van der Waals surface area contributed by atoms with Crippen molar-refractivity contribution in [2.75, 3.05) is 13.2 Å². The van der Waals surface area contributed by atoms with Gasteiger partial charge in [-0.3, -0.25) is 4.57 Å². The summed E-state index contributed by atoms with van der Waals surface area (Å²) in [5.41, 5.74) is 0. The van der Waals surface area contributed by atoms with Gasteiger partial charge in [0.25, 0.3) is 7.82 Å². The smallest absolute Gasteiger partial charge is 0.267 e. The molecule has 0 N–H and O–H groups in total. The second kappa shape index (κ2) is 6.44. The molecule has 0 aliphatic carbocycles. The first kappa shape index (κ1) is 13.3. The van der Waals surface area contributed by atoms with Gasteiger partial charge in [-0.2, -0.15) is 0 Å². The van der Waals surface area contributed by atoms with E-state index in [-0.39, 0.29) is 32.7 Å². The molecule has 4 nitrogen and oxygen atoms in total. The van der Waals surface area contributed by atoms with E-state index in [2.05, 4.69) is 9.05 Å². The molecule has 0 aliphatic heterocycles. The number of hydrogen-bond acceptors (Lipinski definition) is 4. The first-order valence-corrected chi connectivity index (χ1v) is 4.18. The van der Waals surface area contributed by atoms with Crippen LogP contribution in [0.15, 0.2) is 0 Å². The van der Waals surface area contributed by atoms with Gasteiger partial charge in [0, 0.05) is 19.5 Å². The molecule has 0 rings (SSSR count). The molecular weight excluding hydrogens is 208 g/mol. The van der Waals surface area contributed by atoms with Gasteiger partial charge in [-0.1, -0.05) is 0 Å². The Bertz CT molecular complexity index is 108. The molecule has 0 radical (unpaired) electrons. The molecule has 0 aromatic heterocycles. The summed E-state index contributed by atoms with van der Waals surface area (Å²) in [6, 6.07) is 0. The van der Waals surface area contributed by atoms with E-state index in [0.717, 1.165) is 0 Å². The van der Waals surface area contributed by atoms with E-state index in [0.29, 0.717) is 0 Å². The van der Waals surface area contributed by atoms with E-state index < -0.39 is 7.82 Å². The van der Waals surface area contributed by atoms with E-state index in [4.69, 9.17) is 0 Å². The summed E-state index contributed by atoms with van der Waals surface area (Å²) in [5.74, 6) is 0. The molecule has 10 heavy (non-hydrogen) atoms. The largest absolute Gasteiger partial charge is 0.756 e. The molecular formula is C4H10O4PZn-. The third-order valence-electron chi connectivity index (χ3n) is 0.574. The number of phosphoric ester groups is 1. The van der Waals surface area contributed by atoms with Gasteiger partial charge in [-0.05, 0) is 13.8 Å². The van der Waals surface area contributed by atoms with Gasteiger partial charge in [-0.25, -0.2) is 0 Å². The summed E-state index contributed by atoms with van der Waals surface area (Å²) in [5, 5.41) is 0. The Morgan fingerprint density at radius 2 is 1.60 bits per heavy atom. The molecule has 0 aliphatic rings. The molecule has 0 unspecified atom stereocenters. The molecule has 58 valence electrons. The van der Waals surface area contributed by atoms with Crippen molar-refractivity contribution in [2.45, 2.75) is 13.8 Å². The van der Waals surface area contributed by atoms with Crippen LogP contribution in [0.5, 0.6) is 0 Å². The van der Waals surface area contributed by atoms with Crippen molar-refractivity contribution in [3.63, 3.8) is 0 Å². The molecule has 0 aromatic rings. The number of rotatable bonds is 4. The van der Waals surface area contributed by atoms with Crippen molar-refractivity contribution in [3.8, 4) is 0 Å². The topological polar surface area (TPSA) is 58.6 Å². The minimum absolute atomic E-state index is 0. The Balaban J connectivity index is 0. The zero-order chi connectivity index (χ0) is 7.33. The van der Waals surface area contributed by atoms with Gasteiger partial charge < -0.3 is 13.9 Å². The summed E-state index contributed by atoms with van der Waals surface area (Å²) in [6.45, 7) is 3.43. The summed E-state index contributed by atoms with van der Waals surface area (Å²) in [7, 11) is -3.94. The fourth-order valence-corrected chi connectivity index (χ4v) is 1.06. The molecule has 0 saturated carbocycles. The van der Waals surface area contributed by atoms with Crippen molar-refractivity contribution < 1.29 is 38.0 Å². The summed E-state index contributed by atoms with van der Waals surface area (Å²) in [4.78, 5) is 10.4. The summed E-state index contributed by atoms with van der Waals surface area (Å²) >= 11 is 0. The molecule has 0 fully saturated rings. The maximum Gasteiger partial charge on any atom is 0.267 e. The maximum atomic E-state index is 10.4. The zero-order valence-electron chi connectivity index (χ0n) is 6.20. The molecule has 0 heterocycles.